The van der Waals surface area contributed by atoms with Crippen molar-refractivity contribution in [3.8, 4) is 0 Å². The maximum Gasteiger partial charge on any atom is 0.0166 e. The van der Waals surface area contributed by atoms with Crippen molar-refractivity contribution in [2.75, 3.05) is 26.2 Å². The smallest absolute Gasteiger partial charge is 0.0166 e. The van der Waals surface area contributed by atoms with Gasteiger partial charge in [0.05, 0.1) is 0 Å². The molecule has 1 rings (SSSR count). The molecule has 2 nitrogen and oxygen atoms in total. The van der Waals surface area contributed by atoms with Crippen LogP contribution in [-0.4, -0.2) is 37.1 Å². The Morgan fingerprint density at radius 2 is 1.33 bits per heavy atom. The van der Waals surface area contributed by atoms with Crippen molar-refractivity contribution >= 4 is 0 Å². The molecule has 0 amide bonds. The van der Waals surface area contributed by atoms with Gasteiger partial charge in [0.25, 0.3) is 0 Å². The molecule has 1 N–H and O–H groups in total. The monoisotopic (exact) mass is 296 g/mol. The van der Waals surface area contributed by atoms with E-state index >= 15 is 0 Å². The molecule has 1 atom stereocenters. The van der Waals surface area contributed by atoms with Crippen molar-refractivity contribution < 1.29 is 0 Å². The highest BCUT2D eigenvalue weighted by atomic mass is 15.2. The van der Waals surface area contributed by atoms with Gasteiger partial charge in [0.1, 0.15) is 0 Å². The summed E-state index contributed by atoms with van der Waals surface area (Å²) in [4.78, 5) is 2.61. The first kappa shape index (κ1) is 19.0. The number of likely N-dealkylation sites (tertiary alicyclic amines) is 1. The molecule has 2 heteroatoms. The summed E-state index contributed by atoms with van der Waals surface area (Å²) in [5.41, 5.74) is 0. The summed E-state index contributed by atoms with van der Waals surface area (Å²) >= 11 is 0. The molecule has 1 saturated heterocycles. The van der Waals surface area contributed by atoms with E-state index < -0.39 is 0 Å². The fourth-order valence-corrected chi connectivity index (χ4v) is 3.38. The van der Waals surface area contributed by atoms with E-state index in [1.807, 2.05) is 0 Å². The van der Waals surface area contributed by atoms with E-state index in [1.165, 1.54) is 103 Å². The zero-order valence-corrected chi connectivity index (χ0v) is 14.8. The van der Waals surface area contributed by atoms with Crippen LogP contribution in [-0.2, 0) is 0 Å². The van der Waals surface area contributed by atoms with Gasteiger partial charge in [0.2, 0.25) is 0 Å². The molecule has 0 aromatic rings. The van der Waals surface area contributed by atoms with E-state index in [1.54, 1.807) is 0 Å². The molecule has 126 valence electrons. The number of nitrogens with one attached hydrogen (secondary N) is 1. The number of nitrogens with zero attached hydrogens (tertiary/aromatic N) is 1. The molecule has 0 radical (unpaired) electrons. The fourth-order valence-electron chi connectivity index (χ4n) is 3.38. The van der Waals surface area contributed by atoms with Crippen molar-refractivity contribution in [2.45, 2.75) is 96.9 Å². The Kier molecular flexibility index (Phi) is 12.3. The fraction of sp³-hybridized carbons (Fsp3) is 1.00. The molecule has 0 bridgehead atoms. The second-order valence-corrected chi connectivity index (χ2v) is 7.04. The van der Waals surface area contributed by atoms with Gasteiger partial charge in [0, 0.05) is 12.6 Å². The number of unbranched alkanes of at least 4 members (excludes halogenated alkanes) is 9. The van der Waals surface area contributed by atoms with E-state index in [0.717, 1.165) is 0 Å². The average Bonchev–Trinajstić information content (AvgIpc) is 2.97. The highest BCUT2D eigenvalue weighted by Crippen LogP contribution is 2.10. The minimum Gasteiger partial charge on any atom is -0.313 e. The van der Waals surface area contributed by atoms with E-state index in [9.17, 15) is 0 Å². The topological polar surface area (TPSA) is 15.3 Å². The van der Waals surface area contributed by atoms with E-state index in [2.05, 4.69) is 24.1 Å². The van der Waals surface area contributed by atoms with Gasteiger partial charge in [-0.1, -0.05) is 64.7 Å². The van der Waals surface area contributed by atoms with Crippen LogP contribution < -0.4 is 5.32 Å². The molecule has 0 aliphatic carbocycles. The summed E-state index contributed by atoms with van der Waals surface area (Å²) < 4.78 is 0. The lowest BCUT2D eigenvalue weighted by Crippen LogP contribution is -2.38. The van der Waals surface area contributed by atoms with Gasteiger partial charge in [-0.15, -0.1) is 0 Å². The SMILES string of the molecule is CCCCCCCCCCCCNC(C)CN1CCCC1. The first-order valence-electron chi connectivity index (χ1n) is 9.78. The molecular weight excluding hydrogens is 256 g/mol. The summed E-state index contributed by atoms with van der Waals surface area (Å²) in [6.07, 6.45) is 17.1. The van der Waals surface area contributed by atoms with Gasteiger partial charge in [-0.25, -0.2) is 0 Å². The van der Waals surface area contributed by atoms with Crippen molar-refractivity contribution in [3.05, 3.63) is 0 Å². The maximum absolute atomic E-state index is 3.69. The molecular formula is C19H40N2. The zero-order chi connectivity index (χ0) is 15.2. The third-order valence-electron chi connectivity index (χ3n) is 4.75. The van der Waals surface area contributed by atoms with Gasteiger partial charge in [0.15, 0.2) is 0 Å². The minimum atomic E-state index is 0.668. The van der Waals surface area contributed by atoms with Crippen LogP contribution in [0.4, 0.5) is 0 Å². The van der Waals surface area contributed by atoms with E-state index in [-0.39, 0.29) is 0 Å². The summed E-state index contributed by atoms with van der Waals surface area (Å²) in [5.74, 6) is 0. The van der Waals surface area contributed by atoms with Crippen LogP contribution in [0.3, 0.4) is 0 Å². The highest BCUT2D eigenvalue weighted by molar-refractivity contribution is 4.72. The Morgan fingerprint density at radius 1 is 0.810 bits per heavy atom. The maximum atomic E-state index is 3.69. The first-order chi connectivity index (χ1) is 10.3. The first-order valence-corrected chi connectivity index (χ1v) is 9.78. The van der Waals surface area contributed by atoms with E-state index in [0.29, 0.717) is 6.04 Å². The largest absolute Gasteiger partial charge is 0.313 e. The molecule has 21 heavy (non-hydrogen) atoms. The lowest BCUT2D eigenvalue weighted by atomic mass is 10.1. The summed E-state index contributed by atoms with van der Waals surface area (Å²) in [5, 5.41) is 3.69. The summed E-state index contributed by atoms with van der Waals surface area (Å²) in [6, 6.07) is 0.668. The standard InChI is InChI=1S/C19H40N2/c1-3-4-5-6-7-8-9-10-11-12-15-20-19(2)18-21-16-13-14-17-21/h19-20H,3-18H2,1-2H3. The molecule has 1 aliphatic rings. The Balaban J connectivity index is 1.75. The summed E-state index contributed by atoms with van der Waals surface area (Å²) in [6.45, 7) is 9.74. The molecule has 0 aromatic carbocycles. The highest BCUT2D eigenvalue weighted by Gasteiger charge is 2.13. The van der Waals surface area contributed by atoms with E-state index in [4.69, 9.17) is 0 Å². The average molecular weight is 297 g/mol. The van der Waals surface area contributed by atoms with Crippen LogP contribution >= 0.6 is 0 Å². The lowest BCUT2D eigenvalue weighted by molar-refractivity contribution is 0.298. The predicted molar refractivity (Wildman–Crippen MR) is 95.0 cm³/mol. The quantitative estimate of drug-likeness (QED) is 0.455. The second-order valence-electron chi connectivity index (χ2n) is 7.04. The van der Waals surface area contributed by atoms with Crippen LogP contribution in [0.25, 0.3) is 0 Å². The number of hydrogen-bond donors (Lipinski definition) is 1. The van der Waals surface area contributed by atoms with Gasteiger partial charge in [-0.2, -0.15) is 0 Å². The van der Waals surface area contributed by atoms with Crippen LogP contribution in [0.15, 0.2) is 0 Å². The Morgan fingerprint density at radius 3 is 1.90 bits per heavy atom. The Hall–Kier alpha value is -0.0800. The predicted octanol–water partition coefficient (Wildman–Crippen LogP) is 4.98. The van der Waals surface area contributed by atoms with Crippen LogP contribution in [0.1, 0.15) is 90.9 Å². The Labute approximate surface area is 134 Å². The molecule has 1 fully saturated rings. The van der Waals surface area contributed by atoms with Gasteiger partial charge < -0.3 is 10.2 Å². The normalized spacial score (nSPS) is 17.4. The zero-order valence-electron chi connectivity index (χ0n) is 14.8. The molecule has 0 saturated carbocycles. The summed E-state index contributed by atoms with van der Waals surface area (Å²) in [7, 11) is 0. The molecule has 1 heterocycles. The van der Waals surface area contributed by atoms with Crippen molar-refractivity contribution in [1.82, 2.24) is 10.2 Å². The molecule has 1 aliphatic heterocycles. The van der Waals surface area contributed by atoms with Gasteiger partial charge in [-0.3, -0.25) is 0 Å². The Bertz CT molecular complexity index is 212. The molecule has 0 spiro atoms. The minimum absolute atomic E-state index is 0.668. The third-order valence-corrected chi connectivity index (χ3v) is 4.75. The van der Waals surface area contributed by atoms with Gasteiger partial charge >= 0.3 is 0 Å². The molecule has 1 unspecified atom stereocenters. The van der Waals surface area contributed by atoms with Crippen molar-refractivity contribution in [2.24, 2.45) is 0 Å². The second kappa shape index (κ2) is 13.6. The molecule has 0 aromatic heterocycles. The lowest BCUT2D eigenvalue weighted by Gasteiger charge is -2.21. The number of hydrogen-bond acceptors (Lipinski definition) is 2. The van der Waals surface area contributed by atoms with Crippen LogP contribution in [0.2, 0.25) is 0 Å². The van der Waals surface area contributed by atoms with Crippen molar-refractivity contribution in [3.63, 3.8) is 0 Å². The third kappa shape index (κ3) is 11.2. The van der Waals surface area contributed by atoms with Gasteiger partial charge in [-0.05, 0) is 45.8 Å². The number of rotatable bonds is 14. The van der Waals surface area contributed by atoms with Crippen LogP contribution in [0, 0.1) is 0 Å². The van der Waals surface area contributed by atoms with Crippen LogP contribution in [0.5, 0.6) is 0 Å². The van der Waals surface area contributed by atoms with Crippen molar-refractivity contribution in [1.29, 1.82) is 0 Å².